The summed E-state index contributed by atoms with van der Waals surface area (Å²) >= 11 is 5.95. The highest BCUT2D eigenvalue weighted by Crippen LogP contribution is 2.39. The number of sulfone groups is 1. The van der Waals surface area contributed by atoms with Gasteiger partial charge in [0.1, 0.15) is 0 Å². The zero-order valence-electron chi connectivity index (χ0n) is 17.1. The van der Waals surface area contributed by atoms with Crippen LogP contribution in [0.5, 0.6) is 0 Å². The molecule has 31 heavy (non-hydrogen) atoms. The Balaban J connectivity index is 1.77. The number of carbonyl (C=O) groups excluding carboxylic acids is 1. The fourth-order valence-corrected chi connectivity index (χ4v) is 5.96. The molecular weight excluding hydrogens is 451 g/mol. The topological polar surface area (TPSA) is 54.5 Å². The predicted octanol–water partition coefficient (Wildman–Crippen LogP) is 5.46. The molecule has 1 amide bonds. The van der Waals surface area contributed by atoms with E-state index in [4.69, 9.17) is 11.6 Å². The van der Waals surface area contributed by atoms with Crippen LogP contribution in [0.15, 0.2) is 53.4 Å². The van der Waals surface area contributed by atoms with Gasteiger partial charge < -0.3 is 4.90 Å². The highest BCUT2D eigenvalue weighted by atomic mass is 35.5. The maximum Gasteiger partial charge on any atom is 0.416 e. The van der Waals surface area contributed by atoms with Gasteiger partial charge >= 0.3 is 6.18 Å². The number of amides is 1. The maximum atomic E-state index is 13.2. The number of hydrogen-bond acceptors (Lipinski definition) is 3. The zero-order valence-corrected chi connectivity index (χ0v) is 18.7. The fraction of sp³-hybridized carbons (Fsp3) is 0.409. The Bertz CT molecular complexity index is 1080. The predicted molar refractivity (Wildman–Crippen MR) is 113 cm³/mol. The average molecular weight is 474 g/mol. The molecule has 3 rings (SSSR count). The third-order valence-electron chi connectivity index (χ3n) is 6.00. The minimum Gasteiger partial charge on any atom is -0.339 e. The van der Waals surface area contributed by atoms with E-state index in [2.05, 4.69) is 0 Å². The summed E-state index contributed by atoms with van der Waals surface area (Å²) in [6.45, 7) is 3.80. The highest BCUT2D eigenvalue weighted by molar-refractivity contribution is 7.92. The SMILES string of the molecule is CC(C)(C1CCN(C(=O)c2cccc(Cl)c2)CC1)S(=O)(=O)c1cccc(C(F)(F)F)c1. The monoisotopic (exact) mass is 473 g/mol. The minimum absolute atomic E-state index is 0.181. The normalized spacial score (nSPS) is 16.4. The number of nitrogens with zero attached hydrogens (tertiary/aromatic N) is 1. The van der Waals surface area contributed by atoms with Gasteiger partial charge in [0.2, 0.25) is 0 Å². The Morgan fingerprint density at radius 2 is 1.65 bits per heavy atom. The molecule has 4 nitrogen and oxygen atoms in total. The van der Waals surface area contributed by atoms with Gasteiger partial charge in [-0.2, -0.15) is 13.2 Å². The molecule has 1 fully saturated rings. The Morgan fingerprint density at radius 1 is 1.03 bits per heavy atom. The van der Waals surface area contributed by atoms with Crippen molar-refractivity contribution < 1.29 is 26.4 Å². The molecule has 0 bridgehead atoms. The standard InChI is InChI=1S/C22H23ClF3NO3S/c1-21(2,31(29,30)19-8-4-6-17(14-19)22(24,25)26)16-9-11-27(12-10-16)20(28)15-5-3-7-18(23)13-15/h3-8,13-14,16H,9-12H2,1-2H3. The van der Waals surface area contributed by atoms with E-state index in [0.717, 1.165) is 12.1 Å². The molecule has 1 saturated heterocycles. The van der Waals surface area contributed by atoms with Crippen LogP contribution < -0.4 is 0 Å². The lowest BCUT2D eigenvalue weighted by Crippen LogP contribution is -2.47. The molecule has 1 aliphatic rings. The van der Waals surface area contributed by atoms with Crippen LogP contribution in [-0.4, -0.2) is 37.1 Å². The van der Waals surface area contributed by atoms with Gasteiger partial charge in [-0.05, 0) is 69.0 Å². The van der Waals surface area contributed by atoms with Crippen LogP contribution in [0, 0.1) is 5.92 Å². The third kappa shape index (κ3) is 4.75. The first-order chi connectivity index (χ1) is 14.3. The molecule has 0 unspecified atom stereocenters. The van der Waals surface area contributed by atoms with Gasteiger partial charge in [-0.3, -0.25) is 4.79 Å². The largest absolute Gasteiger partial charge is 0.416 e. The van der Waals surface area contributed by atoms with Gasteiger partial charge in [-0.15, -0.1) is 0 Å². The van der Waals surface area contributed by atoms with Crippen molar-refractivity contribution in [1.29, 1.82) is 0 Å². The Morgan fingerprint density at radius 3 is 2.23 bits per heavy atom. The third-order valence-corrected chi connectivity index (χ3v) is 8.83. The first-order valence-electron chi connectivity index (χ1n) is 9.81. The fourth-order valence-electron chi connectivity index (χ4n) is 3.94. The van der Waals surface area contributed by atoms with Crippen LogP contribution in [0.1, 0.15) is 42.6 Å². The quantitative estimate of drug-likeness (QED) is 0.592. The molecule has 2 aromatic rings. The molecule has 0 aliphatic carbocycles. The molecule has 0 radical (unpaired) electrons. The number of likely N-dealkylation sites (tertiary alicyclic amines) is 1. The number of hydrogen-bond donors (Lipinski definition) is 0. The molecule has 9 heteroatoms. The summed E-state index contributed by atoms with van der Waals surface area (Å²) in [4.78, 5) is 14.0. The second-order valence-corrected chi connectivity index (χ2v) is 11.2. The summed E-state index contributed by atoms with van der Waals surface area (Å²) in [5.74, 6) is -0.491. The van der Waals surface area contributed by atoms with Crippen LogP contribution in [0.25, 0.3) is 0 Å². The van der Waals surface area contributed by atoms with Gasteiger partial charge in [0.05, 0.1) is 15.2 Å². The molecule has 0 saturated carbocycles. The van der Waals surface area contributed by atoms with E-state index >= 15 is 0 Å². The first-order valence-corrected chi connectivity index (χ1v) is 11.7. The zero-order chi connectivity index (χ0) is 23.0. The number of carbonyl (C=O) groups is 1. The maximum absolute atomic E-state index is 13.2. The summed E-state index contributed by atoms with van der Waals surface area (Å²) in [5, 5.41) is 0.453. The Hall–Kier alpha value is -2.06. The summed E-state index contributed by atoms with van der Waals surface area (Å²) in [6, 6.07) is 10.5. The second kappa shape index (κ2) is 8.47. The molecule has 0 aromatic heterocycles. The molecule has 0 spiro atoms. The summed E-state index contributed by atoms with van der Waals surface area (Å²) in [6.07, 6.45) is -3.77. The van der Waals surface area contributed by atoms with Crippen LogP contribution in [0.4, 0.5) is 13.2 Å². The molecule has 168 valence electrons. The van der Waals surface area contributed by atoms with E-state index in [-0.39, 0.29) is 16.7 Å². The lowest BCUT2D eigenvalue weighted by Gasteiger charge is -2.40. The summed E-state index contributed by atoms with van der Waals surface area (Å²) < 4.78 is 64.4. The molecule has 1 aliphatic heterocycles. The lowest BCUT2D eigenvalue weighted by molar-refractivity contribution is -0.137. The van der Waals surface area contributed by atoms with Crippen molar-refractivity contribution in [1.82, 2.24) is 4.90 Å². The minimum atomic E-state index is -4.62. The number of benzene rings is 2. The van der Waals surface area contributed by atoms with Gasteiger partial charge in [-0.25, -0.2) is 8.42 Å². The van der Waals surface area contributed by atoms with Crippen molar-refractivity contribution in [2.45, 2.75) is 42.5 Å². The van der Waals surface area contributed by atoms with Crippen molar-refractivity contribution in [2.24, 2.45) is 5.92 Å². The molecule has 0 N–H and O–H groups in total. The van der Waals surface area contributed by atoms with E-state index in [9.17, 15) is 26.4 Å². The van der Waals surface area contributed by atoms with Gasteiger partial charge in [0.15, 0.2) is 9.84 Å². The smallest absolute Gasteiger partial charge is 0.339 e. The first kappa shape index (κ1) is 23.6. The molecule has 2 aromatic carbocycles. The van der Waals surface area contributed by atoms with Crippen molar-refractivity contribution in [3.8, 4) is 0 Å². The Kier molecular flexibility index (Phi) is 6.45. The van der Waals surface area contributed by atoms with Crippen LogP contribution >= 0.6 is 11.6 Å². The number of piperidine rings is 1. The van der Waals surface area contributed by atoms with Gasteiger partial charge in [-0.1, -0.05) is 23.7 Å². The van der Waals surface area contributed by atoms with Crippen LogP contribution in [0.2, 0.25) is 5.02 Å². The molecule has 1 heterocycles. The van der Waals surface area contributed by atoms with E-state index in [1.807, 2.05) is 0 Å². The van der Waals surface area contributed by atoms with E-state index in [1.54, 1.807) is 43.0 Å². The van der Waals surface area contributed by atoms with E-state index in [1.165, 1.54) is 6.07 Å². The summed E-state index contributed by atoms with van der Waals surface area (Å²) in [7, 11) is -4.04. The number of alkyl halides is 3. The van der Waals surface area contributed by atoms with Gasteiger partial charge in [0, 0.05) is 23.7 Å². The van der Waals surface area contributed by atoms with Crippen molar-refractivity contribution in [2.75, 3.05) is 13.1 Å². The van der Waals surface area contributed by atoms with Crippen molar-refractivity contribution in [3.63, 3.8) is 0 Å². The molecule has 0 atom stereocenters. The highest BCUT2D eigenvalue weighted by Gasteiger charge is 2.45. The van der Waals surface area contributed by atoms with Crippen molar-refractivity contribution in [3.05, 3.63) is 64.7 Å². The van der Waals surface area contributed by atoms with Crippen LogP contribution in [0.3, 0.4) is 0 Å². The van der Waals surface area contributed by atoms with Crippen molar-refractivity contribution >= 4 is 27.3 Å². The van der Waals surface area contributed by atoms with E-state index < -0.39 is 26.3 Å². The lowest BCUT2D eigenvalue weighted by atomic mass is 9.85. The van der Waals surface area contributed by atoms with Gasteiger partial charge in [0.25, 0.3) is 5.91 Å². The van der Waals surface area contributed by atoms with E-state index in [0.29, 0.717) is 42.6 Å². The summed E-state index contributed by atoms with van der Waals surface area (Å²) in [5.41, 5.74) is -0.534. The Labute approximate surface area is 184 Å². The van der Waals surface area contributed by atoms with Crippen LogP contribution in [-0.2, 0) is 16.0 Å². The number of halogens is 4. The average Bonchev–Trinajstić information content (AvgIpc) is 2.72. The molecular formula is C22H23ClF3NO3S. The number of rotatable bonds is 4. The second-order valence-electron chi connectivity index (χ2n) is 8.21.